The van der Waals surface area contributed by atoms with E-state index in [9.17, 15) is 4.79 Å². The maximum absolute atomic E-state index is 12.0. The molecule has 2 rings (SSSR count). The number of carbonyl (C=O) groups is 1. The van der Waals surface area contributed by atoms with Gasteiger partial charge in [-0.25, -0.2) is 4.99 Å². The molecule has 5 nitrogen and oxygen atoms in total. The Labute approximate surface area is 177 Å². The van der Waals surface area contributed by atoms with Gasteiger partial charge in [-0.2, -0.15) is 0 Å². The van der Waals surface area contributed by atoms with Crippen LogP contribution in [0, 0.1) is 0 Å². The van der Waals surface area contributed by atoms with E-state index in [0.717, 1.165) is 17.0 Å². The van der Waals surface area contributed by atoms with Crippen molar-refractivity contribution in [2.24, 2.45) is 4.99 Å². The number of hydrogen-bond acceptors (Lipinski definition) is 3. The van der Waals surface area contributed by atoms with Crippen LogP contribution in [0.3, 0.4) is 0 Å². The molecule has 0 aliphatic heterocycles. The highest BCUT2D eigenvalue weighted by Gasteiger charge is 2.04. The van der Waals surface area contributed by atoms with Crippen molar-refractivity contribution in [2.75, 3.05) is 19.6 Å². The second-order valence-corrected chi connectivity index (χ2v) is 6.91. The lowest BCUT2D eigenvalue weighted by Crippen LogP contribution is -2.41. The Morgan fingerprint density at radius 2 is 1.84 bits per heavy atom. The number of halogens is 2. The molecule has 1 aromatic carbocycles. The lowest BCUT2D eigenvalue weighted by Gasteiger charge is -2.11. The number of hydrogen-bond donors (Lipinski definition) is 3. The number of thiophene rings is 1. The SMILES string of the molecule is CCNC(=NCc1cccs1)NCCNC(=O)c1ccc(Br)cc1.I. The minimum Gasteiger partial charge on any atom is -0.357 e. The first-order valence-electron chi connectivity index (χ1n) is 7.77. The zero-order valence-corrected chi connectivity index (χ0v) is 18.7. The molecule has 8 heteroatoms. The Hall–Kier alpha value is -1.13. The number of amides is 1. The summed E-state index contributed by atoms with van der Waals surface area (Å²) in [5.41, 5.74) is 0.650. The molecule has 0 saturated carbocycles. The van der Waals surface area contributed by atoms with E-state index >= 15 is 0 Å². The predicted molar refractivity (Wildman–Crippen MR) is 119 cm³/mol. The highest BCUT2D eigenvalue weighted by Crippen LogP contribution is 2.10. The Bertz CT molecular complexity index is 662. The number of aliphatic imine (C=N–C) groups is 1. The number of rotatable bonds is 7. The molecular formula is C17H22BrIN4OS. The molecule has 0 aliphatic rings. The molecule has 3 N–H and O–H groups in total. The van der Waals surface area contributed by atoms with Gasteiger partial charge in [-0.05, 0) is 42.6 Å². The maximum atomic E-state index is 12.0. The van der Waals surface area contributed by atoms with Crippen LogP contribution in [0.4, 0.5) is 0 Å². The number of nitrogens with one attached hydrogen (secondary N) is 3. The van der Waals surface area contributed by atoms with E-state index < -0.39 is 0 Å². The summed E-state index contributed by atoms with van der Waals surface area (Å²) < 4.78 is 0.956. The molecule has 136 valence electrons. The fourth-order valence-corrected chi connectivity index (χ4v) is 2.85. The fraction of sp³-hybridized carbons (Fsp3) is 0.294. The molecule has 0 atom stereocenters. The van der Waals surface area contributed by atoms with Crippen molar-refractivity contribution in [2.45, 2.75) is 13.5 Å². The molecule has 0 saturated heterocycles. The second kappa shape index (κ2) is 12.3. The summed E-state index contributed by atoms with van der Waals surface area (Å²) in [6, 6.07) is 11.4. The van der Waals surface area contributed by atoms with Gasteiger partial charge in [0.1, 0.15) is 0 Å². The first-order chi connectivity index (χ1) is 11.7. The minimum absolute atomic E-state index is 0. The summed E-state index contributed by atoms with van der Waals surface area (Å²) in [6.07, 6.45) is 0. The molecule has 0 aliphatic carbocycles. The van der Waals surface area contributed by atoms with E-state index in [4.69, 9.17) is 0 Å². The van der Waals surface area contributed by atoms with Gasteiger partial charge in [-0.15, -0.1) is 35.3 Å². The van der Waals surface area contributed by atoms with Crippen LogP contribution < -0.4 is 16.0 Å². The summed E-state index contributed by atoms with van der Waals surface area (Å²) in [6.45, 7) is 4.61. The molecular weight excluding hydrogens is 515 g/mol. The summed E-state index contributed by atoms with van der Waals surface area (Å²) >= 11 is 5.05. The summed E-state index contributed by atoms with van der Waals surface area (Å²) in [5.74, 6) is 0.675. The van der Waals surface area contributed by atoms with E-state index in [1.807, 2.05) is 30.5 Å². The van der Waals surface area contributed by atoms with E-state index in [1.165, 1.54) is 4.88 Å². The highest BCUT2D eigenvalue weighted by molar-refractivity contribution is 14.0. The van der Waals surface area contributed by atoms with Crippen molar-refractivity contribution in [3.8, 4) is 0 Å². The van der Waals surface area contributed by atoms with Crippen molar-refractivity contribution in [3.05, 3.63) is 56.7 Å². The smallest absolute Gasteiger partial charge is 0.251 e. The van der Waals surface area contributed by atoms with E-state index in [0.29, 0.717) is 25.2 Å². The lowest BCUT2D eigenvalue weighted by atomic mass is 10.2. The second-order valence-electron chi connectivity index (χ2n) is 4.96. The Morgan fingerprint density at radius 1 is 1.12 bits per heavy atom. The normalized spacial score (nSPS) is 10.7. The third-order valence-corrected chi connectivity index (χ3v) is 4.52. The minimum atomic E-state index is -0.0789. The molecule has 2 aromatic rings. The van der Waals surface area contributed by atoms with E-state index in [2.05, 4.69) is 42.9 Å². The monoisotopic (exact) mass is 536 g/mol. The van der Waals surface area contributed by atoms with Crippen molar-refractivity contribution < 1.29 is 4.79 Å². The molecule has 1 amide bonds. The van der Waals surface area contributed by atoms with Gasteiger partial charge in [0.25, 0.3) is 5.91 Å². The van der Waals surface area contributed by atoms with Crippen LogP contribution >= 0.6 is 51.2 Å². The van der Waals surface area contributed by atoms with Crippen molar-refractivity contribution in [1.82, 2.24) is 16.0 Å². The predicted octanol–water partition coefficient (Wildman–Crippen LogP) is 3.61. The highest BCUT2D eigenvalue weighted by atomic mass is 127. The first-order valence-corrected chi connectivity index (χ1v) is 9.44. The van der Waals surface area contributed by atoms with Crippen LogP contribution in [0.1, 0.15) is 22.2 Å². The van der Waals surface area contributed by atoms with Crippen LogP contribution in [-0.2, 0) is 6.54 Å². The average Bonchev–Trinajstić information content (AvgIpc) is 3.10. The third kappa shape index (κ3) is 8.19. The maximum Gasteiger partial charge on any atom is 0.251 e. The van der Waals surface area contributed by atoms with Gasteiger partial charge in [0.2, 0.25) is 0 Å². The van der Waals surface area contributed by atoms with Gasteiger partial charge >= 0.3 is 0 Å². The summed E-state index contributed by atoms with van der Waals surface area (Å²) in [4.78, 5) is 17.8. The van der Waals surface area contributed by atoms with Gasteiger partial charge in [0.15, 0.2) is 5.96 Å². The third-order valence-electron chi connectivity index (χ3n) is 3.13. The molecule has 0 unspecified atom stereocenters. The van der Waals surface area contributed by atoms with Crippen LogP contribution in [0.5, 0.6) is 0 Å². The fourth-order valence-electron chi connectivity index (χ4n) is 1.96. The van der Waals surface area contributed by atoms with E-state index in [-0.39, 0.29) is 29.9 Å². The number of benzene rings is 1. The molecule has 0 bridgehead atoms. The number of nitrogens with zero attached hydrogens (tertiary/aromatic N) is 1. The van der Waals surface area contributed by atoms with Crippen molar-refractivity contribution in [1.29, 1.82) is 0 Å². The van der Waals surface area contributed by atoms with Crippen LogP contribution in [0.25, 0.3) is 0 Å². The summed E-state index contributed by atoms with van der Waals surface area (Å²) in [5, 5.41) is 11.3. The number of guanidine groups is 1. The molecule has 1 aromatic heterocycles. The van der Waals surface area contributed by atoms with Gasteiger partial charge < -0.3 is 16.0 Å². The van der Waals surface area contributed by atoms with Crippen LogP contribution in [0.15, 0.2) is 51.2 Å². The first kappa shape index (κ1) is 21.9. The van der Waals surface area contributed by atoms with Crippen LogP contribution in [0.2, 0.25) is 0 Å². The molecule has 0 fully saturated rings. The van der Waals surface area contributed by atoms with Gasteiger partial charge in [-0.3, -0.25) is 4.79 Å². The Balaban J connectivity index is 0.00000312. The van der Waals surface area contributed by atoms with Crippen molar-refractivity contribution >= 4 is 63.1 Å². The molecule has 0 radical (unpaired) electrons. The number of carbonyl (C=O) groups excluding carboxylic acids is 1. The molecule has 25 heavy (non-hydrogen) atoms. The van der Waals surface area contributed by atoms with Gasteiger partial charge in [-0.1, -0.05) is 22.0 Å². The topological polar surface area (TPSA) is 65.5 Å². The molecule has 1 heterocycles. The quantitative estimate of drug-likeness (QED) is 0.219. The zero-order chi connectivity index (χ0) is 17.2. The average molecular weight is 537 g/mol. The standard InChI is InChI=1S/C17H21BrN4OS.HI/c1-2-19-17(22-12-15-4-3-11-24-15)21-10-9-20-16(23)13-5-7-14(18)8-6-13;/h3-8,11H,2,9-10,12H2,1H3,(H,20,23)(H2,19,21,22);1H. The van der Waals surface area contributed by atoms with E-state index in [1.54, 1.807) is 23.5 Å². The Morgan fingerprint density at radius 3 is 2.48 bits per heavy atom. The van der Waals surface area contributed by atoms with Crippen molar-refractivity contribution in [3.63, 3.8) is 0 Å². The zero-order valence-electron chi connectivity index (χ0n) is 13.9. The van der Waals surface area contributed by atoms with Gasteiger partial charge in [0, 0.05) is 34.5 Å². The van der Waals surface area contributed by atoms with Crippen LogP contribution in [-0.4, -0.2) is 31.5 Å². The van der Waals surface area contributed by atoms with Gasteiger partial charge in [0.05, 0.1) is 6.54 Å². The Kier molecular flexibility index (Phi) is 10.7. The largest absolute Gasteiger partial charge is 0.357 e. The lowest BCUT2D eigenvalue weighted by molar-refractivity contribution is 0.0954. The molecule has 0 spiro atoms. The summed E-state index contributed by atoms with van der Waals surface area (Å²) in [7, 11) is 0.